The average Bonchev–Trinajstić information content (AvgIpc) is 2.55. The van der Waals surface area contributed by atoms with E-state index < -0.39 is 0 Å². The lowest BCUT2D eigenvalue weighted by Crippen LogP contribution is -2.15. The van der Waals surface area contributed by atoms with Gasteiger partial charge in [0.15, 0.2) is 0 Å². The molecule has 0 unspecified atom stereocenters. The van der Waals surface area contributed by atoms with E-state index in [0.717, 1.165) is 12.1 Å². The van der Waals surface area contributed by atoms with Gasteiger partial charge in [-0.2, -0.15) is 4.98 Å². The fourth-order valence-electron chi connectivity index (χ4n) is 1.99. The molecule has 92 valence electrons. The topological polar surface area (TPSA) is 79.9 Å². The minimum Gasteiger partial charge on any atom is -0.369 e. The Balaban J connectivity index is 2.74. The molecule has 17 heavy (non-hydrogen) atoms. The Hall–Kier alpha value is -1.82. The molecule has 0 fully saturated rings. The van der Waals surface area contributed by atoms with Crippen molar-refractivity contribution in [3.63, 3.8) is 0 Å². The van der Waals surface area contributed by atoms with E-state index in [1.807, 2.05) is 36.7 Å². The standard InChI is InChI=1S/C11H17N5O/c1-4-16-6-7(5-15(2)3)8-9(16)13-11(12)14-10(8)17/h6H,4-5H2,1-3H3,(H3,12,13,14,17). The average molecular weight is 235 g/mol. The van der Waals surface area contributed by atoms with Gasteiger partial charge in [0, 0.05) is 19.3 Å². The number of aromatic nitrogens is 3. The third kappa shape index (κ3) is 2.03. The van der Waals surface area contributed by atoms with Crippen LogP contribution in [0.5, 0.6) is 0 Å². The zero-order chi connectivity index (χ0) is 12.6. The van der Waals surface area contributed by atoms with Gasteiger partial charge in [-0.25, -0.2) is 0 Å². The van der Waals surface area contributed by atoms with Crippen LogP contribution in [0.2, 0.25) is 0 Å². The minimum absolute atomic E-state index is 0.159. The summed E-state index contributed by atoms with van der Waals surface area (Å²) in [5, 5.41) is 0.634. The number of nitrogens with one attached hydrogen (secondary N) is 1. The highest BCUT2D eigenvalue weighted by Crippen LogP contribution is 2.17. The lowest BCUT2D eigenvalue weighted by Gasteiger charge is -2.07. The summed E-state index contributed by atoms with van der Waals surface area (Å²) in [7, 11) is 3.93. The molecule has 2 aromatic rings. The number of nitrogen functional groups attached to an aromatic ring is 1. The fraction of sp³-hybridized carbons (Fsp3) is 0.455. The molecule has 2 heterocycles. The highest BCUT2D eigenvalue weighted by molar-refractivity contribution is 5.80. The highest BCUT2D eigenvalue weighted by atomic mass is 16.1. The zero-order valence-electron chi connectivity index (χ0n) is 10.3. The van der Waals surface area contributed by atoms with Crippen molar-refractivity contribution in [2.45, 2.75) is 20.0 Å². The van der Waals surface area contributed by atoms with E-state index in [0.29, 0.717) is 17.6 Å². The first-order chi connectivity index (χ1) is 8.02. The summed E-state index contributed by atoms with van der Waals surface area (Å²) in [6.07, 6.45) is 1.96. The van der Waals surface area contributed by atoms with Crippen molar-refractivity contribution in [2.75, 3.05) is 19.8 Å². The molecule has 0 radical (unpaired) electrons. The summed E-state index contributed by atoms with van der Waals surface area (Å²) in [5.41, 5.74) is 7.03. The molecule has 0 amide bonds. The maximum absolute atomic E-state index is 11.9. The number of hydrogen-bond donors (Lipinski definition) is 2. The fourth-order valence-corrected chi connectivity index (χ4v) is 1.99. The van der Waals surface area contributed by atoms with Crippen molar-refractivity contribution in [2.24, 2.45) is 0 Å². The predicted octanol–water partition coefficient (Wildman–Crippen LogP) is 0.388. The van der Waals surface area contributed by atoms with Crippen LogP contribution in [0.1, 0.15) is 12.5 Å². The molecule has 2 aromatic heterocycles. The molecular weight excluding hydrogens is 218 g/mol. The molecular formula is C11H17N5O. The lowest BCUT2D eigenvalue weighted by atomic mass is 10.2. The molecule has 0 aliphatic heterocycles. The maximum Gasteiger partial charge on any atom is 0.262 e. The first-order valence-corrected chi connectivity index (χ1v) is 5.55. The van der Waals surface area contributed by atoms with Gasteiger partial charge in [0.25, 0.3) is 5.56 Å². The van der Waals surface area contributed by atoms with Gasteiger partial charge in [-0.1, -0.05) is 0 Å². The van der Waals surface area contributed by atoms with Crippen LogP contribution in [-0.4, -0.2) is 33.5 Å². The largest absolute Gasteiger partial charge is 0.369 e. The SMILES string of the molecule is CCn1cc(CN(C)C)c2c(=O)[nH]c(N)nc21. The monoisotopic (exact) mass is 235 g/mol. The molecule has 0 saturated heterocycles. The summed E-state index contributed by atoms with van der Waals surface area (Å²) >= 11 is 0. The van der Waals surface area contributed by atoms with Crippen molar-refractivity contribution >= 4 is 17.0 Å². The van der Waals surface area contributed by atoms with Gasteiger partial charge in [-0.05, 0) is 26.6 Å². The van der Waals surface area contributed by atoms with Crippen LogP contribution in [0.3, 0.4) is 0 Å². The van der Waals surface area contributed by atoms with E-state index in [2.05, 4.69) is 9.97 Å². The van der Waals surface area contributed by atoms with E-state index in [9.17, 15) is 4.79 Å². The van der Waals surface area contributed by atoms with Gasteiger partial charge in [-0.15, -0.1) is 0 Å². The molecule has 6 heteroatoms. The second-order valence-corrected chi connectivity index (χ2v) is 4.33. The van der Waals surface area contributed by atoms with Crippen LogP contribution < -0.4 is 11.3 Å². The third-order valence-corrected chi connectivity index (χ3v) is 2.65. The van der Waals surface area contributed by atoms with Crippen LogP contribution in [0.15, 0.2) is 11.0 Å². The Morgan fingerprint density at radius 2 is 2.24 bits per heavy atom. The summed E-state index contributed by atoms with van der Waals surface area (Å²) in [6.45, 7) is 3.48. The number of nitrogens with zero attached hydrogens (tertiary/aromatic N) is 3. The van der Waals surface area contributed by atoms with Gasteiger partial charge in [-0.3, -0.25) is 9.78 Å². The highest BCUT2D eigenvalue weighted by Gasteiger charge is 2.13. The number of aromatic amines is 1. The molecule has 0 aliphatic rings. The first kappa shape index (κ1) is 11.7. The van der Waals surface area contributed by atoms with Gasteiger partial charge >= 0.3 is 0 Å². The number of rotatable bonds is 3. The van der Waals surface area contributed by atoms with Crippen molar-refractivity contribution in [1.82, 2.24) is 19.4 Å². The summed E-state index contributed by atoms with van der Waals surface area (Å²) in [6, 6.07) is 0. The van der Waals surface area contributed by atoms with Crippen LogP contribution in [-0.2, 0) is 13.1 Å². The van der Waals surface area contributed by atoms with Gasteiger partial charge in [0.1, 0.15) is 5.65 Å². The van der Waals surface area contributed by atoms with Crippen LogP contribution in [0, 0.1) is 0 Å². The molecule has 0 bridgehead atoms. The van der Waals surface area contributed by atoms with Gasteiger partial charge in [0.05, 0.1) is 5.39 Å². The molecule has 0 aromatic carbocycles. The zero-order valence-corrected chi connectivity index (χ0v) is 10.3. The van der Waals surface area contributed by atoms with Crippen molar-refractivity contribution < 1.29 is 0 Å². The minimum atomic E-state index is -0.170. The van der Waals surface area contributed by atoms with E-state index >= 15 is 0 Å². The Morgan fingerprint density at radius 3 is 2.82 bits per heavy atom. The normalized spacial score (nSPS) is 11.5. The van der Waals surface area contributed by atoms with E-state index in [1.54, 1.807) is 0 Å². The molecule has 6 nitrogen and oxygen atoms in total. The molecule has 0 saturated carbocycles. The van der Waals surface area contributed by atoms with Crippen LogP contribution >= 0.6 is 0 Å². The molecule has 3 N–H and O–H groups in total. The van der Waals surface area contributed by atoms with E-state index in [-0.39, 0.29) is 11.5 Å². The quantitative estimate of drug-likeness (QED) is 0.806. The van der Waals surface area contributed by atoms with Gasteiger partial charge in [0.2, 0.25) is 5.95 Å². The van der Waals surface area contributed by atoms with Crippen molar-refractivity contribution in [3.05, 3.63) is 22.1 Å². The van der Waals surface area contributed by atoms with E-state index in [1.165, 1.54) is 0 Å². The smallest absolute Gasteiger partial charge is 0.262 e. The van der Waals surface area contributed by atoms with Crippen LogP contribution in [0.4, 0.5) is 5.95 Å². The Bertz CT molecular complexity index is 596. The third-order valence-electron chi connectivity index (χ3n) is 2.65. The second-order valence-electron chi connectivity index (χ2n) is 4.33. The molecule has 0 atom stereocenters. The van der Waals surface area contributed by atoms with E-state index in [4.69, 9.17) is 5.73 Å². The van der Waals surface area contributed by atoms with Crippen molar-refractivity contribution in [3.8, 4) is 0 Å². The molecule has 2 rings (SSSR count). The first-order valence-electron chi connectivity index (χ1n) is 5.55. The number of nitrogens with two attached hydrogens (primary N) is 1. The number of fused-ring (bicyclic) bond motifs is 1. The number of hydrogen-bond acceptors (Lipinski definition) is 4. The Labute approximate surface area is 99.1 Å². The second kappa shape index (κ2) is 4.21. The molecule has 0 aliphatic carbocycles. The summed E-state index contributed by atoms with van der Waals surface area (Å²) in [4.78, 5) is 20.7. The predicted molar refractivity (Wildman–Crippen MR) is 67.8 cm³/mol. The number of anilines is 1. The Morgan fingerprint density at radius 1 is 1.53 bits per heavy atom. The van der Waals surface area contributed by atoms with Gasteiger partial charge < -0.3 is 15.2 Å². The summed E-state index contributed by atoms with van der Waals surface area (Å²) in [5.74, 6) is 0.159. The number of H-pyrrole nitrogens is 1. The number of aryl methyl sites for hydroxylation is 1. The maximum atomic E-state index is 11.9. The van der Waals surface area contributed by atoms with Crippen LogP contribution in [0.25, 0.3) is 11.0 Å². The molecule has 0 spiro atoms. The van der Waals surface area contributed by atoms with Crippen molar-refractivity contribution in [1.29, 1.82) is 0 Å². The Kier molecular flexibility index (Phi) is 2.89. The lowest BCUT2D eigenvalue weighted by molar-refractivity contribution is 0.403. The summed E-state index contributed by atoms with van der Waals surface area (Å²) < 4.78 is 1.94.